The summed E-state index contributed by atoms with van der Waals surface area (Å²) in [4.78, 5) is 0. The zero-order chi connectivity index (χ0) is 12.6. The van der Waals surface area contributed by atoms with Gasteiger partial charge in [-0.1, -0.05) is 58.1 Å². The zero-order valence-electron chi connectivity index (χ0n) is 12.0. The molecule has 0 fully saturated rings. The fourth-order valence-corrected chi connectivity index (χ4v) is 1.80. The monoisotopic (exact) mass is 240 g/mol. The predicted octanol–water partition coefficient (Wildman–Crippen LogP) is 5.50. The molecule has 0 aromatic carbocycles. The minimum absolute atomic E-state index is 0.933. The summed E-state index contributed by atoms with van der Waals surface area (Å²) in [5, 5.41) is 0. The highest BCUT2D eigenvalue weighted by molar-refractivity contribution is 4.80. The Morgan fingerprint density at radius 1 is 0.647 bits per heavy atom. The van der Waals surface area contributed by atoms with Crippen molar-refractivity contribution in [2.45, 2.75) is 78.1 Å². The summed E-state index contributed by atoms with van der Waals surface area (Å²) in [6.45, 7) is 6.30. The number of allylic oxidation sites excluding steroid dienone is 2. The van der Waals surface area contributed by atoms with Gasteiger partial charge in [-0.05, 0) is 32.1 Å². The molecule has 0 rings (SSSR count). The largest absolute Gasteiger partial charge is 0.381 e. The fourth-order valence-electron chi connectivity index (χ4n) is 1.80. The lowest BCUT2D eigenvalue weighted by atomic mass is 10.1. The molecule has 102 valence electrons. The van der Waals surface area contributed by atoms with Crippen LogP contribution in [0.1, 0.15) is 78.1 Å². The maximum Gasteiger partial charge on any atom is 0.0466 e. The SMILES string of the molecule is CCCC/C=C\CCCCCCCOCCC. The molecule has 0 heterocycles. The maximum atomic E-state index is 5.45. The molecule has 1 heteroatoms. The summed E-state index contributed by atoms with van der Waals surface area (Å²) in [5.41, 5.74) is 0. The molecule has 0 aliphatic heterocycles. The van der Waals surface area contributed by atoms with E-state index in [4.69, 9.17) is 4.74 Å². The second-order valence-corrected chi connectivity index (χ2v) is 4.78. The number of hydrogen-bond acceptors (Lipinski definition) is 1. The van der Waals surface area contributed by atoms with Gasteiger partial charge in [-0.15, -0.1) is 0 Å². The highest BCUT2D eigenvalue weighted by Crippen LogP contribution is 2.06. The molecule has 0 radical (unpaired) electrons. The third-order valence-corrected chi connectivity index (χ3v) is 2.90. The lowest BCUT2D eigenvalue weighted by Crippen LogP contribution is -1.95. The average molecular weight is 240 g/mol. The first-order valence-corrected chi connectivity index (χ1v) is 7.64. The minimum Gasteiger partial charge on any atom is -0.381 e. The molecule has 0 N–H and O–H groups in total. The molecule has 0 bridgehead atoms. The molecule has 17 heavy (non-hydrogen) atoms. The Hall–Kier alpha value is -0.300. The van der Waals surface area contributed by atoms with Gasteiger partial charge in [0.1, 0.15) is 0 Å². The van der Waals surface area contributed by atoms with Crippen LogP contribution in [0, 0.1) is 0 Å². The van der Waals surface area contributed by atoms with Gasteiger partial charge in [0, 0.05) is 13.2 Å². The Bertz CT molecular complexity index is 152. The van der Waals surface area contributed by atoms with Crippen molar-refractivity contribution in [1.29, 1.82) is 0 Å². The second-order valence-electron chi connectivity index (χ2n) is 4.78. The summed E-state index contributed by atoms with van der Waals surface area (Å²) < 4.78 is 5.45. The zero-order valence-corrected chi connectivity index (χ0v) is 12.0. The van der Waals surface area contributed by atoms with Gasteiger partial charge in [0.2, 0.25) is 0 Å². The van der Waals surface area contributed by atoms with E-state index >= 15 is 0 Å². The Kier molecular flexibility index (Phi) is 15.4. The molecule has 0 aliphatic carbocycles. The summed E-state index contributed by atoms with van der Waals surface area (Å²) in [5.74, 6) is 0. The van der Waals surface area contributed by atoms with Crippen LogP contribution in [0.15, 0.2) is 12.2 Å². The summed E-state index contributed by atoms with van der Waals surface area (Å²) in [6, 6.07) is 0. The number of rotatable bonds is 13. The van der Waals surface area contributed by atoms with Crippen molar-refractivity contribution in [3.63, 3.8) is 0 Å². The van der Waals surface area contributed by atoms with Crippen LogP contribution in [0.4, 0.5) is 0 Å². The summed E-state index contributed by atoms with van der Waals surface area (Å²) >= 11 is 0. The highest BCUT2D eigenvalue weighted by Gasteiger charge is 1.90. The molecule has 0 saturated carbocycles. The number of ether oxygens (including phenoxy) is 1. The van der Waals surface area contributed by atoms with Crippen LogP contribution in [-0.2, 0) is 4.74 Å². The van der Waals surface area contributed by atoms with E-state index in [0.717, 1.165) is 19.6 Å². The van der Waals surface area contributed by atoms with Crippen LogP contribution in [0.25, 0.3) is 0 Å². The molecule has 0 atom stereocenters. The Labute approximate surface area is 109 Å². The van der Waals surface area contributed by atoms with Crippen LogP contribution in [0.5, 0.6) is 0 Å². The van der Waals surface area contributed by atoms with E-state index in [0.29, 0.717) is 0 Å². The molecule has 1 nitrogen and oxygen atoms in total. The quantitative estimate of drug-likeness (QED) is 0.305. The molecule has 0 aromatic heterocycles. The van der Waals surface area contributed by atoms with Crippen molar-refractivity contribution in [2.24, 2.45) is 0 Å². The van der Waals surface area contributed by atoms with Gasteiger partial charge in [0.25, 0.3) is 0 Å². The topological polar surface area (TPSA) is 9.23 Å². The van der Waals surface area contributed by atoms with Gasteiger partial charge in [-0.25, -0.2) is 0 Å². The van der Waals surface area contributed by atoms with E-state index in [1.165, 1.54) is 57.8 Å². The fraction of sp³-hybridized carbons (Fsp3) is 0.875. The first-order chi connectivity index (χ1) is 8.41. The molecular weight excluding hydrogens is 208 g/mol. The third-order valence-electron chi connectivity index (χ3n) is 2.90. The highest BCUT2D eigenvalue weighted by atomic mass is 16.5. The number of unbranched alkanes of at least 4 members (excludes halogenated alkanes) is 7. The van der Waals surface area contributed by atoms with E-state index in [-0.39, 0.29) is 0 Å². The molecule has 0 spiro atoms. The van der Waals surface area contributed by atoms with Crippen LogP contribution in [-0.4, -0.2) is 13.2 Å². The predicted molar refractivity (Wildman–Crippen MR) is 77.5 cm³/mol. The molecule has 0 aliphatic rings. The van der Waals surface area contributed by atoms with Gasteiger partial charge < -0.3 is 4.74 Å². The van der Waals surface area contributed by atoms with Crippen molar-refractivity contribution in [3.8, 4) is 0 Å². The van der Waals surface area contributed by atoms with Gasteiger partial charge in [-0.2, -0.15) is 0 Å². The standard InChI is InChI=1S/C16H32O/c1-3-5-6-7-8-9-10-11-12-13-14-16-17-15-4-2/h7-8H,3-6,9-16H2,1-2H3/b8-7-. The summed E-state index contributed by atoms with van der Waals surface area (Å²) in [6.07, 6.45) is 17.7. The minimum atomic E-state index is 0.933. The Morgan fingerprint density at radius 2 is 1.29 bits per heavy atom. The summed E-state index contributed by atoms with van der Waals surface area (Å²) in [7, 11) is 0. The third kappa shape index (κ3) is 15.7. The lowest BCUT2D eigenvalue weighted by molar-refractivity contribution is 0.130. The molecule has 0 aromatic rings. The first-order valence-electron chi connectivity index (χ1n) is 7.64. The van der Waals surface area contributed by atoms with Crippen LogP contribution >= 0.6 is 0 Å². The lowest BCUT2D eigenvalue weighted by Gasteiger charge is -2.02. The van der Waals surface area contributed by atoms with Gasteiger partial charge >= 0.3 is 0 Å². The van der Waals surface area contributed by atoms with E-state index in [1.54, 1.807) is 0 Å². The molecule has 0 amide bonds. The smallest absolute Gasteiger partial charge is 0.0466 e. The Balaban J connectivity index is 2.96. The molecule has 0 unspecified atom stereocenters. The van der Waals surface area contributed by atoms with Crippen LogP contribution in [0.3, 0.4) is 0 Å². The Morgan fingerprint density at radius 3 is 2.00 bits per heavy atom. The maximum absolute atomic E-state index is 5.45. The van der Waals surface area contributed by atoms with Gasteiger partial charge in [0.15, 0.2) is 0 Å². The van der Waals surface area contributed by atoms with Crippen molar-refractivity contribution >= 4 is 0 Å². The molecule has 0 saturated heterocycles. The molecular formula is C16H32O. The van der Waals surface area contributed by atoms with Crippen molar-refractivity contribution in [1.82, 2.24) is 0 Å². The van der Waals surface area contributed by atoms with Crippen molar-refractivity contribution in [3.05, 3.63) is 12.2 Å². The average Bonchev–Trinajstić information content (AvgIpc) is 2.35. The normalized spacial score (nSPS) is 11.4. The first kappa shape index (κ1) is 16.7. The number of hydrogen-bond donors (Lipinski definition) is 0. The van der Waals surface area contributed by atoms with Crippen molar-refractivity contribution in [2.75, 3.05) is 13.2 Å². The van der Waals surface area contributed by atoms with Crippen LogP contribution < -0.4 is 0 Å². The van der Waals surface area contributed by atoms with E-state index < -0.39 is 0 Å². The van der Waals surface area contributed by atoms with Gasteiger partial charge in [0.05, 0.1) is 0 Å². The second kappa shape index (κ2) is 15.7. The van der Waals surface area contributed by atoms with E-state index in [1.807, 2.05) is 0 Å². The van der Waals surface area contributed by atoms with Crippen molar-refractivity contribution < 1.29 is 4.74 Å². The van der Waals surface area contributed by atoms with E-state index in [9.17, 15) is 0 Å². The van der Waals surface area contributed by atoms with Gasteiger partial charge in [-0.3, -0.25) is 0 Å². The van der Waals surface area contributed by atoms with E-state index in [2.05, 4.69) is 26.0 Å². The van der Waals surface area contributed by atoms with Crippen LogP contribution in [0.2, 0.25) is 0 Å².